The summed E-state index contributed by atoms with van der Waals surface area (Å²) in [5.41, 5.74) is -1.17. The zero-order valence-corrected chi connectivity index (χ0v) is 14.2. The van der Waals surface area contributed by atoms with E-state index in [9.17, 15) is 22.8 Å². The van der Waals surface area contributed by atoms with Crippen LogP contribution in [-0.2, 0) is 15.7 Å². The Morgan fingerprint density at radius 2 is 1.96 bits per heavy atom. The van der Waals surface area contributed by atoms with Crippen molar-refractivity contribution >= 4 is 11.9 Å². The fraction of sp³-hybridized carbons (Fsp3) is 0.556. The van der Waals surface area contributed by atoms with E-state index in [4.69, 9.17) is 4.74 Å². The minimum Gasteiger partial charge on any atom is -0.452 e. The summed E-state index contributed by atoms with van der Waals surface area (Å²) < 4.78 is 42.8. The number of rotatable bonds is 4. The second-order valence-corrected chi connectivity index (χ2v) is 6.60. The van der Waals surface area contributed by atoms with E-state index in [-0.39, 0.29) is 11.6 Å². The van der Waals surface area contributed by atoms with Crippen LogP contribution in [0.1, 0.15) is 49.0 Å². The molecule has 3 atom stereocenters. The smallest absolute Gasteiger partial charge is 0.416 e. The number of halogens is 3. The van der Waals surface area contributed by atoms with E-state index in [0.717, 1.165) is 31.4 Å². The molecular formula is C18H22F3NO3. The highest BCUT2D eigenvalue weighted by Crippen LogP contribution is 2.30. The molecule has 0 spiro atoms. The quantitative estimate of drug-likeness (QED) is 0.834. The maximum Gasteiger partial charge on any atom is 0.416 e. The van der Waals surface area contributed by atoms with Crippen LogP contribution < -0.4 is 5.32 Å². The van der Waals surface area contributed by atoms with E-state index in [2.05, 4.69) is 19.2 Å². The van der Waals surface area contributed by atoms with Crippen LogP contribution in [0, 0.1) is 11.8 Å². The molecule has 138 valence electrons. The fourth-order valence-corrected chi connectivity index (χ4v) is 3.07. The molecule has 0 aliphatic heterocycles. The zero-order valence-electron chi connectivity index (χ0n) is 14.2. The second kappa shape index (κ2) is 7.89. The summed E-state index contributed by atoms with van der Waals surface area (Å²) in [6.07, 6.45) is -1.52. The van der Waals surface area contributed by atoms with Gasteiger partial charge in [0.25, 0.3) is 5.91 Å². The summed E-state index contributed by atoms with van der Waals surface area (Å²) in [6.45, 7) is 3.70. The highest BCUT2D eigenvalue weighted by Gasteiger charge is 2.31. The number of hydrogen-bond acceptors (Lipinski definition) is 3. The maximum absolute atomic E-state index is 12.7. The van der Waals surface area contributed by atoms with Gasteiger partial charge in [0.2, 0.25) is 0 Å². The Morgan fingerprint density at radius 3 is 2.64 bits per heavy atom. The molecule has 2 rings (SSSR count). The van der Waals surface area contributed by atoms with Gasteiger partial charge in [-0.2, -0.15) is 13.2 Å². The van der Waals surface area contributed by atoms with Crippen LogP contribution in [0.4, 0.5) is 13.2 Å². The lowest BCUT2D eigenvalue weighted by Crippen LogP contribution is -2.45. The van der Waals surface area contributed by atoms with Gasteiger partial charge in [0.1, 0.15) is 0 Å². The van der Waals surface area contributed by atoms with Crippen LogP contribution in [0.15, 0.2) is 24.3 Å². The van der Waals surface area contributed by atoms with Crippen LogP contribution in [0.3, 0.4) is 0 Å². The summed E-state index contributed by atoms with van der Waals surface area (Å²) in [6, 6.07) is 3.97. The SMILES string of the molecule is C[C@@H]1[C@@H](C)CCC[C@H]1NC(=O)COC(=O)c1cccc(C(F)(F)F)c1. The Balaban J connectivity index is 1.88. The monoisotopic (exact) mass is 357 g/mol. The summed E-state index contributed by atoms with van der Waals surface area (Å²) in [7, 11) is 0. The van der Waals surface area contributed by atoms with Gasteiger partial charge in [-0.05, 0) is 36.5 Å². The van der Waals surface area contributed by atoms with Crippen LogP contribution in [-0.4, -0.2) is 24.5 Å². The van der Waals surface area contributed by atoms with Gasteiger partial charge in [0, 0.05) is 6.04 Å². The van der Waals surface area contributed by atoms with Gasteiger partial charge < -0.3 is 10.1 Å². The topological polar surface area (TPSA) is 55.4 Å². The van der Waals surface area contributed by atoms with Crippen molar-refractivity contribution in [3.63, 3.8) is 0 Å². The Hall–Kier alpha value is -2.05. The van der Waals surface area contributed by atoms with Gasteiger partial charge in [-0.15, -0.1) is 0 Å². The Bertz CT molecular complexity index is 630. The molecule has 0 saturated heterocycles. The number of amides is 1. The van der Waals surface area contributed by atoms with Crippen molar-refractivity contribution < 1.29 is 27.5 Å². The van der Waals surface area contributed by atoms with Crippen LogP contribution >= 0.6 is 0 Å². The largest absolute Gasteiger partial charge is 0.452 e. The maximum atomic E-state index is 12.7. The molecule has 0 bridgehead atoms. The number of carbonyl (C=O) groups is 2. The molecule has 0 unspecified atom stereocenters. The first-order valence-electron chi connectivity index (χ1n) is 8.32. The molecule has 1 fully saturated rings. The summed E-state index contributed by atoms with van der Waals surface area (Å²) >= 11 is 0. The molecule has 4 nitrogen and oxygen atoms in total. The second-order valence-electron chi connectivity index (χ2n) is 6.60. The number of benzene rings is 1. The van der Waals surface area contributed by atoms with Crippen molar-refractivity contribution in [1.29, 1.82) is 0 Å². The van der Waals surface area contributed by atoms with E-state index in [1.54, 1.807) is 0 Å². The molecule has 1 aromatic rings. The third-order valence-corrected chi connectivity index (χ3v) is 4.81. The molecule has 7 heteroatoms. The third kappa shape index (κ3) is 5.21. The third-order valence-electron chi connectivity index (χ3n) is 4.81. The average Bonchev–Trinajstić information content (AvgIpc) is 2.56. The fourth-order valence-electron chi connectivity index (χ4n) is 3.07. The molecule has 1 amide bonds. The van der Waals surface area contributed by atoms with Crippen molar-refractivity contribution in [2.45, 2.75) is 45.3 Å². The van der Waals surface area contributed by atoms with E-state index in [1.165, 1.54) is 6.07 Å². The molecule has 0 aromatic heterocycles. The molecule has 1 aromatic carbocycles. The highest BCUT2D eigenvalue weighted by molar-refractivity contribution is 5.91. The minimum absolute atomic E-state index is 0.0310. The van der Waals surface area contributed by atoms with Gasteiger partial charge in [0.05, 0.1) is 11.1 Å². The van der Waals surface area contributed by atoms with E-state index < -0.39 is 30.2 Å². The average molecular weight is 357 g/mol. The van der Waals surface area contributed by atoms with Crippen molar-refractivity contribution in [2.75, 3.05) is 6.61 Å². The minimum atomic E-state index is -4.54. The van der Waals surface area contributed by atoms with Crippen molar-refractivity contribution in [3.05, 3.63) is 35.4 Å². The molecule has 1 N–H and O–H groups in total. The molecule has 25 heavy (non-hydrogen) atoms. The predicted molar refractivity (Wildman–Crippen MR) is 85.8 cm³/mol. The van der Waals surface area contributed by atoms with Crippen molar-refractivity contribution in [1.82, 2.24) is 5.32 Å². The lowest BCUT2D eigenvalue weighted by molar-refractivity contribution is -0.137. The molecule has 1 saturated carbocycles. The van der Waals surface area contributed by atoms with E-state index >= 15 is 0 Å². The number of ether oxygens (including phenoxy) is 1. The van der Waals surface area contributed by atoms with Crippen molar-refractivity contribution in [2.24, 2.45) is 11.8 Å². The highest BCUT2D eigenvalue weighted by atomic mass is 19.4. The van der Waals surface area contributed by atoms with Gasteiger partial charge in [0.15, 0.2) is 6.61 Å². The predicted octanol–water partition coefficient (Wildman–Crippen LogP) is 3.80. The number of esters is 1. The van der Waals surface area contributed by atoms with Gasteiger partial charge in [-0.1, -0.05) is 32.8 Å². The number of alkyl halides is 3. The molecule has 0 heterocycles. The summed E-state index contributed by atoms with van der Waals surface area (Å²) in [5, 5.41) is 2.85. The molecule has 1 aliphatic carbocycles. The zero-order chi connectivity index (χ0) is 18.6. The van der Waals surface area contributed by atoms with Crippen LogP contribution in [0.25, 0.3) is 0 Å². The standard InChI is InChI=1S/C18H22F3NO3/c1-11-5-3-8-15(12(11)2)22-16(23)10-25-17(24)13-6-4-7-14(9-13)18(19,20)21/h4,6-7,9,11-12,15H,3,5,8,10H2,1-2H3,(H,22,23)/t11-,12+,15+/m0/s1. The van der Waals surface area contributed by atoms with Crippen LogP contribution in [0.2, 0.25) is 0 Å². The first-order valence-corrected chi connectivity index (χ1v) is 8.32. The molecule has 0 radical (unpaired) electrons. The Kier molecular flexibility index (Phi) is 6.08. The number of hydrogen-bond donors (Lipinski definition) is 1. The lowest BCUT2D eigenvalue weighted by Gasteiger charge is -2.34. The summed E-state index contributed by atoms with van der Waals surface area (Å²) in [4.78, 5) is 23.8. The normalized spacial score (nSPS) is 23.8. The lowest BCUT2D eigenvalue weighted by atomic mass is 9.78. The first kappa shape index (κ1) is 19.3. The summed E-state index contributed by atoms with van der Waals surface area (Å²) in [5.74, 6) is -0.554. The van der Waals surface area contributed by atoms with E-state index in [0.29, 0.717) is 17.9 Å². The molecular weight excluding hydrogens is 335 g/mol. The Labute approximate surface area is 144 Å². The van der Waals surface area contributed by atoms with Crippen molar-refractivity contribution in [3.8, 4) is 0 Å². The van der Waals surface area contributed by atoms with E-state index in [1.807, 2.05) is 0 Å². The Morgan fingerprint density at radius 1 is 1.24 bits per heavy atom. The number of nitrogens with one attached hydrogen (secondary N) is 1. The number of carbonyl (C=O) groups excluding carboxylic acids is 2. The first-order chi connectivity index (χ1) is 11.7. The van der Waals surface area contributed by atoms with Gasteiger partial charge >= 0.3 is 12.1 Å². The molecule has 1 aliphatic rings. The van der Waals surface area contributed by atoms with Gasteiger partial charge in [-0.3, -0.25) is 4.79 Å². The van der Waals surface area contributed by atoms with Crippen LogP contribution in [0.5, 0.6) is 0 Å². The van der Waals surface area contributed by atoms with Gasteiger partial charge in [-0.25, -0.2) is 4.79 Å².